The number of carbonyl (C=O) groups is 3. The van der Waals surface area contributed by atoms with Crippen LogP contribution in [0.15, 0.2) is 0 Å². The van der Waals surface area contributed by atoms with Crippen LogP contribution in [0.25, 0.3) is 0 Å². The van der Waals surface area contributed by atoms with Crippen LogP contribution in [0.4, 0.5) is 4.79 Å². The van der Waals surface area contributed by atoms with Gasteiger partial charge in [-0.1, -0.05) is 6.92 Å². The Morgan fingerprint density at radius 3 is 2.48 bits per heavy atom. The molecule has 2 atom stereocenters. The number of hydrogen-bond acceptors (Lipinski definition) is 4. The number of likely N-dealkylation sites (tertiary alicyclic amines) is 1. The Bertz CT molecular complexity index is 417. The first-order valence-electron chi connectivity index (χ1n) is 7.25. The fraction of sp³-hybridized carbons (Fsp3) is 0.786. The number of alkyl carbamates (subject to hydrolysis) is 1. The van der Waals surface area contributed by atoms with Crippen LogP contribution in [0, 0.1) is 0 Å². The van der Waals surface area contributed by atoms with Gasteiger partial charge in [0.25, 0.3) is 0 Å². The van der Waals surface area contributed by atoms with Crippen molar-refractivity contribution in [2.45, 2.75) is 64.6 Å². The number of carbonyl (C=O) groups excluding carboxylic acids is 3. The minimum atomic E-state index is -0.709. The molecule has 0 bridgehead atoms. The van der Waals surface area contributed by atoms with Crippen molar-refractivity contribution in [2.75, 3.05) is 6.54 Å². The molecule has 3 N–H and O–H groups in total. The van der Waals surface area contributed by atoms with E-state index in [1.54, 1.807) is 27.7 Å². The highest BCUT2D eigenvalue weighted by Crippen LogP contribution is 2.18. The highest BCUT2D eigenvalue weighted by Gasteiger charge is 2.36. The van der Waals surface area contributed by atoms with Crippen molar-refractivity contribution in [1.82, 2.24) is 10.2 Å². The number of nitrogens with two attached hydrogens (primary N) is 1. The molecule has 120 valence electrons. The van der Waals surface area contributed by atoms with Crippen molar-refractivity contribution in [3.05, 3.63) is 0 Å². The van der Waals surface area contributed by atoms with Gasteiger partial charge in [-0.3, -0.25) is 9.59 Å². The molecule has 3 amide bonds. The third-order valence-electron chi connectivity index (χ3n) is 3.26. The molecule has 1 heterocycles. The largest absolute Gasteiger partial charge is 0.444 e. The van der Waals surface area contributed by atoms with Gasteiger partial charge in [0.15, 0.2) is 0 Å². The second kappa shape index (κ2) is 6.78. The highest BCUT2D eigenvalue weighted by molar-refractivity contribution is 5.91. The molecule has 1 aliphatic rings. The summed E-state index contributed by atoms with van der Waals surface area (Å²) in [7, 11) is 0. The summed E-state index contributed by atoms with van der Waals surface area (Å²) < 4.78 is 5.14. The summed E-state index contributed by atoms with van der Waals surface area (Å²) in [5, 5.41) is 2.55. The third-order valence-corrected chi connectivity index (χ3v) is 3.26. The number of hydrogen-bond donors (Lipinski definition) is 2. The van der Waals surface area contributed by atoms with Gasteiger partial charge in [-0.25, -0.2) is 4.79 Å². The van der Waals surface area contributed by atoms with Crippen molar-refractivity contribution in [2.24, 2.45) is 5.73 Å². The van der Waals surface area contributed by atoms with Gasteiger partial charge in [0.05, 0.1) is 0 Å². The Kier molecular flexibility index (Phi) is 5.57. The highest BCUT2D eigenvalue weighted by atomic mass is 16.6. The number of primary amides is 1. The fourth-order valence-corrected chi connectivity index (χ4v) is 2.31. The lowest BCUT2D eigenvalue weighted by atomic mass is 10.1. The summed E-state index contributed by atoms with van der Waals surface area (Å²) in [6.07, 6.45) is 1.09. The van der Waals surface area contributed by atoms with Crippen LogP contribution < -0.4 is 11.1 Å². The number of amides is 3. The normalized spacial score (nSPS) is 20.0. The molecule has 1 aliphatic heterocycles. The van der Waals surface area contributed by atoms with Crippen molar-refractivity contribution in [3.8, 4) is 0 Å². The Labute approximate surface area is 125 Å². The molecule has 1 rings (SSSR count). The molecule has 0 spiro atoms. The van der Waals surface area contributed by atoms with Gasteiger partial charge in [0.2, 0.25) is 11.8 Å². The van der Waals surface area contributed by atoms with E-state index in [4.69, 9.17) is 10.5 Å². The van der Waals surface area contributed by atoms with Crippen molar-refractivity contribution >= 4 is 17.9 Å². The Morgan fingerprint density at radius 2 is 2.00 bits per heavy atom. The lowest BCUT2D eigenvalue weighted by molar-refractivity contribution is -0.139. The first kappa shape index (κ1) is 17.3. The second-order valence-electron chi connectivity index (χ2n) is 6.20. The van der Waals surface area contributed by atoms with Crippen LogP contribution in [0.1, 0.15) is 47.0 Å². The zero-order chi connectivity index (χ0) is 16.2. The van der Waals surface area contributed by atoms with Crippen LogP contribution in [0.3, 0.4) is 0 Å². The molecule has 7 nitrogen and oxygen atoms in total. The molecule has 2 unspecified atom stereocenters. The Hall–Kier alpha value is -1.79. The molecule has 1 saturated heterocycles. The summed E-state index contributed by atoms with van der Waals surface area (Å²) in [4.78, 5) is 37.0. The predicted molar refractivity (Wildman–Crippen MR) is 77.4 cm³/mol. The van der Waals surface area contributed by atoms with Gasteiger partial charge in [0.1, 0.15) is 17.7 Å². The lowest BCUT2D eigenvalue weighted by Gasteiger charge is -2.28. The first-order valence-corrected chi connectivity index (χ1v) is 7.25. The van der Waals surface area contributed by atoms with Crippen molar-refractivity contribution in [1.29, 1.82) is 0 Å². The van der Waals surface area contributed by atoms with Crippen molar-refractivity contribution in [3.63, 3.8) is 0 Å². The molecule has 7 heteroatoms. The van der Waals surface area contributed by atoms with Crippen LogP contribution in [-0.2, 0) is 14.3 Å². The van der Waals surface area contributed by atoms with Crippen LogP contribution in [-0.4, -0.2) is 47.0 Å². The summed E-state index contributed by atoms with van der Waals surface area (Å²) >= 11 is 0. The zero-order valence-electron chi connectivity index (χ0n) is 13.1. The van der Waals surface area contributed by atoms with Crippen molar-refractivity contribution < 1.29 is 19.1 Å². The monoisotopic (exact) mass is 299 g/mol. The summed E-state index contributed by atoms with van der Waals surface area (Å²) in [6, 6.07) is -1.29. The van der Waals surface area contributed by atoms with E-state index >= 15 is 0 Å². The molecule has 0 radical (unpaired) electrons. The topological polar surface area (TPSA) is 102 Å². The Balaban J connectivity index is 2.69. The van der Waals surface area contributed by atoms with Gasteiger partial charge in [-0.15, -0.1) is 0 Å². The summed E-state index contributed by atoms with van der Waals surface area (Å²) in [5.41, 5.74) is 4.68. The Morgan fingerprint density at radius 1 is 1.38 bits per heavy atom. The van der Waals surface area contributed by atoms with E-state index in [0.29, 0.717) is 19.4 Å². The molecule has 0 aromatic heterocycles. The standard InChI is InChI=1S/C14H25N3O4/c1-5-9(16-13(20)21-14(2,3)4)12(19)17-8-6-7-10(17)11(15)18/h9-10H,5-8H2,1-4H3,(H2,15,18)(H,16,20). The van der Waals surface area contributed by atoms with E-state index in [1.165, 1.54) is 4.90 Å². The van der Waals surface area contributed by atoms with Gasteiger partial charge < -0.3 is 20.7 Å². The van der Waals surface area contributed by atoms with Crippen LogP contribution in [0.2, 0.25) is 0 Å². The van der Waals surface area contributed by atoms with Gasteiger partial charge in [-0.2, -0.15) is 0 Å². The van der Waals surface area contributed by atoms with E-state index in [1.807, 2.05) is 0 Å². The minimum Gasteiger partial charge on any atom is -0.444 e. The average Bonchev–Trinajstić information content (AvgIpc) is 2.82. The second-order valence-corrected chi connectivity index (χ2v) is 6.20. The van der Waals surface area contributed by atoms with E-state index in [9.17, 15) is 14.4 Å². The smallest absolute Gasteiger partial charge is 0.408 e. The van der Waals surface area contributed by atoms with E-state index in [-0.39, 0.29) is 5.91 Å². The molecular weight excluding hydrogens is 274 g/mol. The van der Waals surface area contributed by atoms with Crippen LogP contribution >= 0.6 is 0 Å². The SMILES string of the molecule is CCC(NC(=O)OC(C)(C)C)C(=O)N1CCCC1C(N)=O. The zero-order valence-corrected chi connectivity index (χ0v) is 13.1. The molecule has 0 saturated carbocycles. The molecule has 21 heavy (non-hydrogen) atoms. The van der Waals surface area contributed by atoms with Gasteiger partial charge in [-0.05, 0) is 40.0 Å². The quantitative estimate of drug-likeness (QED) is 0.800. The van der Waals surface area contributed by atoms with Crippen LogP contribution in [0.5, 0.6) is 0 Å². The number of nitrogens with zero attached hydrogens (tertiary/aromatic N) is 1. The maximum absolute atomic E-state index is 12.4. The first-order chi connectivity index (χ1) is 9.65. The van der Waals surface area contributed by atoms with E-state index in [2.05, 4.69) is 5.32 Å². The maximum atomic E-state index is 12.4. The molecule has 1 fully saturated rings. The number of ether oxygens (including phenoxy) is 1. The minimum absolute atomic E-state index is 0.287. The average molecular weight is 299 g/mol. The summed E-state index contributed by atoms with van der Waals surface area (Å²) in [5.74, 6) is -0.794. The number of rotatable bonds is 4. The molecule has 0 aromatic carbocycles. The van der Waals surface area contributed by atoms with E-state index < -0.39 is 29.7 Å². The summed E-state index contributed by atoms with van der Waals surface area (Å²) in [6.45, 7) is 7.52. The predicted octanol–water partition coefficient (Wildman–Crippen LogP) is 0.766. The fourth-order valence-electron chi connectivity index (χ4n) is 2.31. The van der Waals surface area contributed by atoms with E-state index in [0.717, 1.165) is 6.42 Å². The lowest BCUT2D eigenvalue weighted by Crippen LogP contribution is -2.53. The third kappa shape index (κ3) is 4.91. The molecule has 0 aromatic rings. The number of nitrogens with one attached hydrogen (secondary N) is 1. The molecular formula is C14H25N3O4. The van der Waals surface area contributed by atoms with Gasteiger partial charge in [0, 0.05) is 6.54 Å². The molecule has 0 aliphatic carbocycles. The maximum Gasteiger partial charge on any atom is 0.408 e. The van der Waals surface area contributed by atoms with Gasteiger partial charge >= 0.3 is 6.09 Å².